The van der Waals surface area contributed by atoms with Crippen molar-refractivity contribution in [2.24, 2.45) is 5.41 Å². The van der Waals surface area contributed by atoms with Gasteiger partial charge in [-0.25, -0.2) is 0 Å². The van der Waals surface area contributed by atoms with E-state index < -0.39 is 5.97 Å². The van der Waals surface area contributed by atoms with E-state index in [0.717, 1.165) is 25.9 Å². The number of unbranched alkanes of at least 4 members (excludes halogenated alkanes) is 11. The summed E-state index contributed by atoms with van der Waals surface area (Å²) >= 11 is 0. The minimum atomic E-state index is -0.664. The van der Waals surface area contributed by atoms with Crippen LogP contribution in [-0.4, -0.2) is 29.6 Å². The molecule has 0 fully saturated rings. The Morgan fingerprint density at radius 1 is 0.810 bits per heavy atom. The number of allylic oxidation sites excluding steroid dienone is 3. The average Bonchev–Trinajstić information content (AvgIpc) is 2.95. The second kappa shape index (κ2) is 23.7. The second-order valence-corrected chi connectivity index (χ2v) is 12.5. The zero-order chi connectivity index (χ0) is 30.9. The fourth-order valence-corrected chi connectivity index (χ4v) is 4.68. The summed E-state index contributed by atoms with van der Waals surface area (Å²) in [6, 6.07) is 15.1. The van der Waals surface area contributed by atoms with Crippen molar-refractivity contribution in [1.82, 2.24) is 4.90 Å². The van der Waals surface area contributed by atoms with Crippen LogP contribution in [0.5, 0.6) is 0 Å². The molecule has 0 unspecified atom stereocenters. The molecule has 0 aliphatic rings. The number of hydrogen-bond donors (Lipinski definition) is 1. The lowest BCUT2D eigenvalue weighted by molar-refractivity contribution is -0.137. The van der Waals surface area contributed by atoms with Crippen LogP contribution in [-0.2, 0) is 11.3 Å². The second-order valence-electron chi connectivity index (χ2n) is 12.5. The minimum Gasteiger partial charge on any atom is -0.481 e. The molecule has 0 aliphatic heterocycles. The van der Waals surface area contributed by atoms with E-state index >= 15 is 0 Å². The normalized spacial score (nSPS) is 11.6. The highest BCUT2D eigenvalue weighted by atomic mass is 16.4. The van der Waals surface area contributed by atoms with Crippen LogP contribution < -0.4 is 0 Å². The van der Waals surface area contributed by atoms with E-state index in [1.165, 1.54) is 87.0 Å². The first-order valence-corrected chi connectivity index (χ1v) is 16.4. The molecule has 0 bridgehead atoms. The van der Waals surface area contributed by atoms with Gasteiger partial charge in [0.25, 0.3) is 0 Å². The van der Waals surface area contributed by atoms with Crippen LogP contribution in [0.15, 0.2) is 66.8 Å². The van der Waals surface area contributed by atoms with Gasteiger partial charge >= 0.3 is 5.97 Å². The van der Waals surface area contributed by atoms with Crippen molar-refractivity contribution in [1.29, 1.82) is 0 Å². The van der Waals surface area contributed by atoms with Crippen LogP contribution in [0.1, 0.15) is 123 Å². The van der Waals surface area contributed by atoms with Crippen LogP contribution in [0.4, 0.5) is 0 Å². The fraction of sp³-hybridized carbons (Fsp3) is 0.564. The summed E-state index contributed by atoms with van der Waals surface area (Å²) in [6.45, 7) is 10.5. The van der Waals surface area contributed by atoms with Gasteiger partial charge in [-0.3, -0.25) is 9.69 Å². The van der Waals surface area contributed by atoms with Crippen molar-refractivity contribution in [3.63, 3.8) is 0 Å². The summed E-state index contributed by atoms with van der Waals surface area (Å²) in [5, 5.41) is 11.2. The molecule has 2 aromatic rings. The first kappa shape index (κ1) is 37.2. The van der Waals surface area contributed by atoms with Crippen molar-refractivity contribution in [2.75, 3.05) is 13.6 Å². The Balaban J connectivity index is 0.000000423. The Kier molecular flexibility index (Phi) is 21.0. The van der Waals surface area contributed by atoms with E-state index in [0.29, 0.717) is 6.42 Å². The Hall–Kier alpha value is -2.83. The third-order valence-corrected chi connectivity index (χ3v) is 7.04. The molecule has 42 heavy (non-hydrogen) atoms. The van der Waals surface area contributed by atoms with Gasteiger partial charge in [-0.15, -0.1) is 0 Å². The number of rotatable bonds is 19. The zero-order valence-corrected chi connectivity index (χ0v) is 27.5. The largest absolute Gasteiger partial charge is 0.481 e. The van der Waals surface area contributed by atoms with Crippen molar-refractivity contribution in [2.45, 2.75) is 124 Å². The predicted molar refractivity (Wildman–Crippen MR) is 184 cm³/mol. The Morgan fingerprint density at radius 3 is 2.05 bits per heavy atom. The van der Waals surface area contributed by atoms with E-state index in [-0.39, 0.29) is 5.41 Å². The molecule has 0 aliphatic carbocycles. The molecular weight excluding hydrogens is 514 g/mol. The third-order valence-electron chi connectivity index (χ3n) is 7.04. The van der Waals surface area contributed by atoms with E-state index in [2.05, 4.69) is 112 Å². The van der Waals surface area contributed by atoms with Gasteiger partial charge in [-0.05, 0) is 82.3 Å². The number of fused-ring (bicyclic) bond motifs is 1. The highest BCUT2D eigenvalue weighted by Crippen LogP contribution is 2.19. The molecule has 0 aromatic heterocycles. The van der Waals surface area contributed by atoms with E-state index in [1.807, 2.05) is 6.08 Å². The number of nitrogens with zero attached hydrogens (tertiary/aromatic N) is 1. The number of hydrogen-bond acceptors (Lipinski definition) is 2. The van der Waals surface area contributed by atoms with Crippen molar-refractivity contribution in [3.8, 4) is 11.8 Å². The van der Waals surface area contributed by atoms with Crippen LogP contribution in [0.25, 0.3) is 10.8 Å². The lowest BCUT2D eigenvalue weighted by Gasteiger charge is -2.15. The molecule has 0 heterocycles. The summed E-state index contributed by atoms with van der Waals surface area (Å²) in [6.07, 6.45) is 25.3. The van der Waals surface area contributed by atoms with Crippen molar-refractivity contribution >= 4 is 16.7 Å². The Labute approximate surface area is 258 Å². The summed E-state index contributed by atoms with van der Waals surface area (Å²) in [5.41, 5.74) is 1.44. The highest BCUT2D eigenvalue weighted by molar-refractivity contribution is 5.85. The number of benzene rings is 2. The van der Waals surface area contributed by atoms with E-state index in [4.69, 9.17) is 5.11 Å². The first-order chi connectivity index (χ1) is 20.2. The summed E-state index contributed by atoms with van der Waals surface area (Å²) in [5.74, 6) is 5.67. The molecule has 0 atom stereocenters. The van der Waals surface area contributed by atoms with Gasteiger partial charge in [-0.2, -0.15) is 0 Å². The maximum absolute atomic E-state index is 10.3. The molecule has 0 radical (unpaired) electrons. The van der Waals surface area contributed by atoms with E-state index in [1.54, 1.807) is 0 Å². The zero-order valence-electron chi connectivity index (χ0n) is 27.5. The molecule has 3 nitrogen and oxygen atoms in total. The van der Waals surface area contributed by atoms with Gasteiger partial charge in [0.2, 0.25) is 0 Å². The maximum Gasteiger partial charge on any atom is 0.303 e. The lowest BCUT2D eigenvalue weighted by Crippen LogP contribution is -2.17. The van der Waals surface area contributed by atoms with Crippen LogP contribution in [0.3, 0.4) is 0 Å². The molecule has 3 heteroatoms. The Morgan fingerprint density at radius 2 is 1.40 bits per heavy atom. The molecule has 2 rings (SSSR count). The van der Waals surface area contributed by atoms with Gasteiger partial charge in [0.1, 0.15) is 0 Å². The third kappa shape index (κ3) is 21.0. The molecular formula is C39H59NO2. The quantitative estimate of drug-likeness (QED) is 0.103. The highest BCUT2D eigenvalue weighted by Gasteiger charge is 2.04. The number of carboxylic acids is 1. The molecule has 0 saturated heterocycles. The molecule has 232 valence electrons. The maximum atomic E-state index is 10.3. The van der Waals surface area contributed by atoms with Gasteiger partial charge in [0, 0.05) is 24.9 Å². The number of carboxylic acid groups (broad SMARTS) is 1. The number of likely N-dealkylation sites (N-methyl/N-ethyl adjacent to an activating group) is 1. The topological polar surface area (TPSA) is 40.5 Å². The van der Waals surface area contributed by atoms with Crippen LogP contribution in [0, 0.1) is 17.3 Å². The summed E-state index contributed by atoms with van der Waals surface area (Å²) < 4.78 is 0. The SMILES string of the molecule is CCCCCCCC/C=C\CCCCCCCC(=O)O.CN(C/C=C/C#CC(C)(C)C)Cc1cccc2ccccc12. The average molecular weight is 574 g/mol. The summed E-state index contributed by atoms with van der Waals surface area (Å²) in [4.78, 5) is 12.6. The van der Waals surface area contributed by atoms with Gasteiger partial charge in [-0.1, -0.05) is 131 Å². The van der Waals surface area contributed by atoms with Crippen LogP contribution in [0.2, 0.25) is 0 Å². The number of aliphatic carboxylic acids is 1. The molecule has 2 aromatic carbocycles. The Bertz CT molecular complexity index is 1090. The van der Waals surface area contributed by atoms with Crippen molar-refractivity contribution < 1.29 is 9.90 Å². The van der Waals surface area contributed by atoms with Gasteiger partial charge in [0.05, 0.1) is 0 Å². The van der Waals surface area contributed by atoms with Gasteiger partial charge < -0.3 is 5.11 Å². The smallest absolute Gasteiger partial charge is 0.303 e. The standard InChI is InChI=1S/C21H25N.C18H34O2/c1-21(2,3)15-8-5-9-16-22(4)17-19-13-10-12-18-11-6-7-14-20(18)19;1-2-3-4-5-6-7-8-9-10-11-12-13-14-15-16-17-18(19)20/h5-7,9-14H,16-17H2,1-4H3;9-10H,2-8,11-17H2,1H3,(H,19,20)/b9-5+;10-9-. The molecule has 0 saturated carbocycles. The first-order valence-electron chi connectivity index (χ1n) is 16.4. The minimum absolute atomic E-state index is 0.0686. The summed E-state index contributed by atoms with van der Waals surface area (Å²) in [7, 11) is 2.14. The van der Waals surface area contributed by atoms with E-state index in [9.17, 15) is 4.79 Å². The lowest BCUT2D eigenvalue weighted by atomic mass is 9.98. The molecule has 0 amide bonds. The fourth-order valence-electron chi connectivity index (χ4n) is 4.68. The van der Waals surface area contributed by atoms with Crippen LogP contribution >= 0.6 is 0 Å². The molecule has 0 spiro atoms. The molecule has 1 N–H and O–H groups in total. The monoisotopic (exact) mass is 573 g/mol. The number of carbonyl (C=O) groups is 1. The van der Waals surface area contributed by atoms with Gasteiger partial charge in [0.15, 0.2) is 0 Å². The van der Waals surface area contributed by atoms with Crippen molar-refractivity contribution in [3.05, 3.63) is 72.3 Å². The predicted octanol–water partition coefficient (Wildman–Crippen LogP) is 11.0.